The van der Waals surface area contributed by atoms with Crippen molar-refractivity contribution in [2.24, 2.45) is 0 Å². The van der Waals surface area contributed by atoms with E-state index in [2.05, 4.69) is 0 Å². The first-order chi connectivity index (χ1) is 9.58. The molecule has 6 heteroatoms. The lowest BCUT2D eigenvalue weighted by Gasteiger charge is -2.24. The number of carboxylic acid groups (broad SMARTS) is 1. The number of carbonyl (C=O) groups is 2. The van der Waals surface area contributed by atoms with Gasteiger partial charge in [0.25, 0.3) is 0 Å². The maximum atomic E-state index is 12.6. The van der Waals surface area contributed by atoms with Gasteiger partial charge in [0.15, 0.2) is 0 Å². The number of rotatable bonds is 2. The maximum absolute atomic E-state index is 12.6. The molecule has 2 N–H and O–H groups in total. The second-order valence-electron chi connectivity index (χ2n) is 5.14. The van der Waals surface area contributed by atoms with Crippen molar-refractivity contribution in [2.75, 3.05) is 12.3 Å². The highest BCUT2D eigenvalue weighted by atomic mass is 32.2. The number of carbonyl (C=O) groups excluding carboxylic acids is 1. The van der Waals surface area contributed by atoms with Crippen LogP contribution in [0.1, 0.15) is 17.9 Å². The number of fused-ring (bicyclic) bond motifs is 1. The maximum Gasteiger partial charge on any atom is 0.326 e. The number of benzene rings is 1. The molecule has 1 fully saturated rings. The Kier molecular flexibility index (Phi) is 3.43. The van der Waals surface area contributed by atoms with Gasteiger partial charge in [0.1, 0.15) is 6.04 Å². The van der Waals surface area contributed by atoms with E-state index in [1.165, 1.54) is 4.90 Å². The molecule has 2 aliphatic heterocycles. The van der Waals surface area contributed by atoms with Gasteiger partial charge in [-0.1, -0.05) is 18.2 Å². The summed E-state index contributed by atoms with van der Waals surface area (Å²) in [6.07, 6.45) is -0.632. The van der Waals surface area contributed by atoms with Crippen molar-refractivity contribution in [2.45, 2.75) is 29.4 Å². The van der Waals surface area contributed by atoms with Crippen LogP contribution < -0.4 is 0 Å². The highest BCUT2D eigenvalue weighted by Gasteiger charge is 2.42. The fraction of sp³-hybridized carbons (Fsp3) is 0.429. The van der Waals surface area contributed by atoms with Crippen LogP contribution in [0.3, 0.4) is 0 Å². The minimum atomic E-state index is -1.05. The van der Waals surface area contributed by atoms with Gasteiger partial charge in [0, 0.05) is 23.6 Å². The van der Waals surface area contributed by atoms with Crippen LogP contribution >= 0.6 is 11.8 Å². The third kappa shape index (κ3) is 2.19. The number of aliphatic hydroxyl groups is 1. The van der Waals surface area contributed by atoms with Crippen molar-refractivity contribution < 1.29 is 19.8 Å². The Labute approximate surface area is 120 Å². The Hall–Kier alpha value is -1.53. The van der Waals surface area contributed by atoms with Crippen LogP contribution in [0.15, 0.2) is 29.2 Å². The van der Waals surface area contributed by atoms with Gasteiger partial charge in [-0.05, 0) is 11.6 Å². The first kappa shape index (κ1) is 13.5. The predicted octanol–water partition coefficient (Wildman–Crippen LogP) is 0.922. The first-order valence-electron chi connectivity index (χ1n) is 6.51. The van der Waals surface area contributed by atoms with Gasteiger partial charge in [-0.25, -0.2) is 4.79 Å². The lowest BCUT2D eigenvalue weighted by Crippen LogP contribution is -2.43. The lowest BCUT2D eigenvalue weighted by molar-refractivity contribution is -0.148. The number of carboxylic acids is 1. The molecule has 2 heterocycles. The summed E-state index contributed by atoms with van der Waals surface area (Å²) in [6.45, 7) is 0.110. The number of aliphatic hydroxyl groups excluding tert-OH is 1. The van der Waals surface area contributed by atoms with Gasteiger partial charge in [-0.2, -0.15) is 0 Å². The van der Waals surface area contributed by atoms with Crippen LogP contribution in [0.4, 0.5) is 0 Å². The summed E-state index contributed by atoms with van der Waals surface area (Å²) < 4.78 is 0. The number of β-amino-alcohol motifs (C(OH)–C–C–N with tert-alkyl or cyclic N) is 1. The molecule has 0 aliphatic carbocycles. The highest BCUT2D eigenvalue weighted by molar-refractivity contribution is 7.99. The summed E-state index contributed by atoms with van der Waals surface area (Å²) in [6, 6.07) is 6.80. The predicted molar refractivity (Wildman–Crippen MR) is 73.7 cm³/mol. The average molecular weight is 293 g/mol. The minimum absolute atomic E-state index is 0.110. The van der Waals surface area contributed by atoms with E-state index in [0.717, 1.165) is 10.5 Å². The molecule has 106 valence electrons. The number of hydrogen-bond donors (Lipinski definition) is 2. The molecule has 3 atom stereocenters. The van der Waals surface area contributed by atoms with Crippen LogP contribution in [0.2, 0.25) is 0 Å². The van der Waals surface area contributed by atoms with Gasteiger partial charge < -0.3 is 15.1 Å². The fourth-order valence-corrected chi connectivity index (χ4v) is 4.08. The molecule has 20 heavy (non-hydrogen) atoms. The fourth-order valence-electron chi connectivity index (χ4n) is 2.86. The third-order valence-corrected chi connectivity index (χ3v) is 5.03. The van der Waals surface area contributed by atoms with Crippen LogP contribution in [0.25, 0.3) is 0 Å². The van der Waals surface area contributed by atoms with Gasteiger partial charge >= 0.3 is 5.97 Å². The topological polar surface area (TPSA) is 77.8 Å². The SMILES string of the molecule is O=C(O)[C@H]1C[C@@H](O)CN1C(=O)C1CSc2ccccc21. The van der Waals surface area contributed by atoms with Crippen LogP contribution in [0.5, 0.6) is 0 Å². The van der Waals surface area contributed by atoms with Gasteiger partial charge in [0.2, 0.25) is 5.91 Å². The van der Waals surface area contributed by atoms with Crippen molar-refractivity contribution in [3.63, 3.8) is 0 Å². The zero-order chi connectivity index (χ0) is 14.3. The van der Waals surface area contributed by atoms with Gasteiger partial charge in [0.05, 0.1) is 12.0 Å². The van der Waals surface area contributed by atoms with E-state index in [4.69, 9.17) is 0 Å². The Balaban J connectivity index is 1.85. The number of likely N-dealkylation sites (tertiary alicyclic amines) is 1. The smallest absolute Gasteiger partial charge is 0.326 e. The number of aliphatic carboxylic acids is 1. The third-order valence-electron chi connectivity index (χ3n) is 3.85. The summed E-state index contributed by atoms with van der Waals surface area (Å²) in [4.78, 5) is 26.2. The van der Waals surface area contributed by atoms with Gasteiger partial charge in [-0.15, -0.1) is 11.8 Å². The Bertz CT molecular complexity index is 562. The van der Waals surface area contributed by atoms with Crippen molar-refractivity contribution in [3.8, 4) is 0 Å². The molecule has 1 aromatic rings. The molecule has 0 aromatic heterocycles. The molecule has 0 radical (unpaired) electrons. The van der Waals surface area contributed by atoms with Gasteiger partial charge in [-0.3, -0.25) is 4.79 Å². The molecule has 0 spiro atoms. The van der Waals surface area contributed by atoms with E-state index in [-0.39, 0.29) is 24.8 Å². The van der Waals surface area contributed by atoms with Crippen LogP contribution in [-0.2, 0) is 9.59 Å². The molecule has 1 amide bonds. The Morgan fingerprint density at radius 1 is 1.30 bits per heavy atom. The van der Waals surface area contributed by atoms with E-state index in [1.807, 2.05) is 24.3 Å². The van der Waals surface area contributed by atoms with E-state index in [1.54, 1.807) is 11.8 Å². The van der Waals surface area contributed by atoms with Crippen molar-refractivity contribution in [3.05, 3.63) is 29.8 Å². The molecule has 1 unspecified atom stereocenters. The molecule has 3 rings (SSSR count). The Morgan fingerprint density at radius 3 is 2.80 bits per heavy atom. The van der Waals surface area contributed by atoms with Crippen LogP contribution in [-0.4, -0.2) is 51.4 Å². The molecule has 1 saturated heterocycles. The molecule has 5 nitrogen and oxygen atoms in total. The monoisotopic (exact) mass is 293 g/mol. The molecule has 1 aromatic carbocycles. The molecule has 0 saturated carbocycles. The summed E-state index contributed by atoms with van der Waals surface area (Å²) in [5, 5.41) is 18.8. The van der Waals surface area contributed by atoms with E-state index < -0.39 is 18.1 Å². The zero-order valence-corrected chi connectivity index (χ0v) is 11.5. The largest absolute Gasteiger partial charge is 0.480 e. The number of nitrogens with zero attached hydrogens (tertiary/aromatic N) is 1. The first-order valence-corrected chi connectivity index (χ1v) is 7.49. The standard InChI is InChI=1S/C14H15NO4S/c16-8-5-11(14(18)19)15(6-8)13(17)10-7-20-12-4-2-1-3-9(10)12/h1-4,8,10-11,16H,5-7H2,(H,18,19)/t8-,10?,11-/m1/s1. The van der Waals surface area contributed by atoms with Crippen molar-refractivity contribution in [1.29, 1.82) is 0 Å². The molecular formula is C14H15NO4S. The summed E-state index contributed by atoms with van der Waals surface area (Å²) in [7, 11) is 0. The van der Waals surface area contributed by atoms with E-state index in [9.17, 15) is 19.8 Å². The average Bonchev–Trinajstić information content (AvgIpc) is 3.01. The molecule has 0 bridgehead atoms. The minimum Gasteiger partial charge on any atom is -0.480 e. The number of amides is 1. The Morgan fingerprint density at radius 2 is 2.05 bits per heavy atom. The normalized spacial score (nSPS) is 28.4. The second kappa shape index (κ2) is 5.10. The lowest BCUT2D eigenvalue weighted by atomic mass is 9.99. The second-order valence-corrected chi connectivity index (χ2v) is 6.20. The highest BCUT2D eigenvalue weighted by Crippen LogP contribution is 2.41. The number of hydrogen-bond acceptors (Lipinski definition) is 4. The zero-order valence-electron chi connectivity index (χ0n) is 10.7. The summed E-state index contributed by atoms with van der Waals surface area (Å²) >= 11 is 1.62. The van der Waals surface area contributed by atoms with E-state index in [0.29, 0.717) is 5.75 Å². The molecular weight excluding hydrogens is 278 g/mol. The molecule has 2 aliphatic rings. The van der Waals surface area contributed by atoms with Crippen molar-refractivity contribution in [1.82, 2.24) is 4.90 Å². The van der Waals surface area contributed by atoms with Crippen molar-refractivity contribution >= 4 is 23.6 Å². The van der Waals surface area contributed by atoms with E-state index >= 15 is 0 Å². The summed E-state index contributed by atoms with van der Waals surface area (Å²) in [5.41, 5.74) is 0.966. The summed E-state index contributed by atoms with van der Waals surface area (Å²) in [5.74, 6) is -0.902. The number of thioether (sulfide) groups is 1. The van der Waals surface area contributed by atoms with Crippen LogP contribution in [0, 0.1) is 0 Å². The quantitative estimate of drug-likeness (QED) is 0.848.